The number of benzene rings is 3. The molecule has 0 saturated carbocycles. The Balaban J connectivity index is 0.00000324. The molecule has 1 amide bonds. The van der Waals surface area contributed by atoms with E-state index in [4.69, 9.17) is 9.72 Å². The first-order valence-corrected chi connectivity index (χ1v) is 13.2. The largest absolute Gasteiger partial charge is 0.496 e. The third-order valence-corrected chi connectivity index (χ3v) is 7.71. The van der Waals surface area contributed by atoms with Crippen LogP contribution in [0.1, 0.15) is 24.2 Å². The first kappa shape index (κ1) is 26.3. The van der Waals surface area contributed by atoms with Gasteiger partial charge < -0.3 is 9.64 Å². The molecule has 0 saturated heterocycles. The van der Waals surface area contributed by atoms with Crippen LogP contribution in [0.25, 0.3) is 21.0 Å². The van der Waals surface area contributed by atoms with Crippen molar-refractivity contribution in [2.24, 2.45) is 0 Å². The number of thioether (sulfide) groups is 1. The summed E-state index contributed by atoms with van der Waals surface area (Å²) in [7, 11) is 1.61. The summed E-state index contributed by atoms with van der Waals surface area (Å²) >= 11 is 3.24. The molecule has 4 aromatic rings. The molecule has 0 radical (unpaired) electrons. The molecule has 1 aromatic heterocycles. The molecule has 0 aliphatic heterocycles. The van der Waals surface area contributed by atoms with E-state index in [1.54, 1.807) is 30.2 Å². The molecule has 0 bridgehead atoms. The molecule has 8 heteroatoms. The Kier molecular flexibility index (Phi) is 9.19. The average molecular weight is 516 g/mol. The highest BCUT2D eigenvalue weighted by molar-refractivity contribution is 7.98. The SMILES string of the molecule is CCN(CC)CCN(C(=O)c1cc2ccccc2cc1OC)c1nc2c(SC)cccc2s1.Cl. The average Bonchev–Trinajstić information content (AvgIpc) is 3.29. The quantitative estimate of drug-likeness (QED) is 0.235. The fraction of sp³-hybridized carbons (Fsp3) is 0.308. The second-order valence-corrected chi connectivity index (χ2v) is 9.54. The Hall–Kier alpha value is -2.32. The van der Waals surface area contributed by atoms with Crippen molar-refractivity contribution in [2.45, 2.75) is 18.7 Å². The van der Waals surface area contributed by atoms with Crippen molar-refractivity contribution in [3.05, 3.63) is 60.2 Å². The Morgan fingerprint density at radius 2 is 1.74 bits per heavy atom. The van der Waals surface area contributed by atoms with Gasteiger partial charge in [-0.05, 0) is 54.4 Å². The van der Waals surface area contributed by atoms with E-state index in [1.807, 2.05) is 47.4 Å². The number of rotatable bonds is 9. The lowest BCUT2D eigenvalue weighted by atomic mass is 10.0. The Labute approximate surface area is 215 Å². The Morgan fingerprint density at radius 1 is 1.03 bits per heavy atom. The lowest BCUT2D eigenvalue weighted by Gasteiger charge is -2.25. The van der Waals surface area contributed by atoms with E-state index in [2.05, 4.69) is 37.1 Å². The second kappa shape index (κ2) is 11.9. The van der Waals surface area contributed by atoms with E-state index in [1.165, 1.54) is 0 Å². The number of nitrogens with zero attached hydrogens (tertiary/aromatic N) is 3. The van der Waals surface area contributed by atoms with E-state index in [0.29, 0.717) is 17.9 Å². The summed E-state index contributed by atoms with van der Waals surface area (Å²) < 4.78 is 6.73. The minimum absolute atomic E-state index is 0. The van der Waals surface area contributed by atoms with Gasteiger partial charge in [-0.2, -0.15) is 0 Å². The van der Waals surface area contributed by atoms with Crippen molar-refractivity contribution in [3.63, 3.8) is 0 Å². The fourth-order valence-electron chi connectivity index (χ4n) is 3.96. The van der Waals surface area contributed by atoms with Crippen LogP contribution in [-0.4, -0.2) is 55.3 Å². The van der Waals surface area contributed by atoms with Gasteiger partial charge in [0.15, 0.2) is 5.13 Å². The van der Waals surface area contributed by atoms with Crippen LogP contribution >= 0.6 is 35.5 Å². The summed E-state index contributed by atoms with van der Waals surface area (Å²) in [6, 6.07) is 18.1. The van der Waals surface area contributed by atoms with Crippen molar-refractivity contribution < 1.29 is 9.53 Å². The standard InChI is InChI=1S/C26H29N3O2S2.ClH/c1-5-28(6-2)14-15-29(26-27-24-22(32-4)12-9-13-23(24)33-26)25(30)20-16-18-10-7-8-11-19(18)17-21(20)31-3;/h7-13,16-17H,5-6,14-15H2,1-4H3;1H. The van der Waals surface area contributed by atoms with E-state index in [9.17, 15) is 4.79 Å². The molecule has 3 aromatic carbocycles. The zero-order valence-electron chi connectivity index (χ0n) is 19.9. The molecule has 0 fully saturated rings. The molecule has 0 N–H and O–H groups in total. The molecule has 0 spiro atoms. The van der Waals surface area contributed by atoms with Gasteiger partial charge >= 0.3 is 0 Å². The molecule has 4 rings (SSSR count). The summed E-state index contributed by atoms with van der Waals surface area (Å²) in [5, 5.41) is 2.78. The summed E-state index contributed by atoms with van der Waals surface area (Å²) in [6.07, 6.45) is 2.05. The number of aromatic nitrogens is 1. The molecule has 0 atom stereocenters. The number of likely N-dealkylation sites (N-methyl/N-ethyl adjacent to an activating group) is 1. The summed E-state index contributed by atoms with van der Waals surface area (Å²) in [6.45, 7) is 7.50. The minimum atomic E-state index is -0.0884. The van der Waals surface area contributed by atoms with Crippen LogP contribution in [0.5, 0.6) is 5.75 Å². The van der Waals surface area contributed by atoms with Gasteiger partial charge in [0.05, 0.1) is 22.9 Å². The number of methoxy groups -OCH3 is 1. The van der Waals surface area contributed by atoms with Crippen molar-refractivity contribution in [1.82, 2.24) is 9.88 Å². The smallest absolute Gasteiger partial charge is 0.263 e. The highest BCUT2D eigenvalue weighted by Crippen LogP contribution is 2.36. The maximum Gasteiger partial charge on any atom is 0.263 e. The van der Waals surface area contributed by atoms with Crippen molar-refractivity contribution >= 4 is 67.5 Å². The molecular weight excluding hydrogens is 486 g/mol. The summed E-state index contributed by atoms with van der Waals surface area (Å²) in [5.74, 6) is 0.493. The maximum absolute atomic E-state index is 14.0. The van der Waals surface area contributed by atoms with Gasteiger partial charge in [-0.3, -0.25) is 9.69 Å². The normalized spacial score (nSPS) is 11.1. The summed E-state index contributed by atoms with van der Waals surface area (Å²) in [4.78, 5) is 24.2. The molecule has 180 valence electrons. The molecular formula is C26H30ClN3O2S2. The van der Waals surface area contributed by atoms with Crippen LogP contribution in [0.15, 0.2) is 59.5 Å². The van der Waals surface area contributed by atoms with Crippen LogP contribution in [0.2, 0.25) is 0 Å². The predicted molar refractivity (Wildman–Crippen MR) is 149 cm³/mol. The topological polar surface area (TPSA) is 45.7 Å². The predicted octanol–water partition coefficient (Wildman–Crippen LogP) is 6.59. The maximum atomic E-state index is 14.0. The number of hydrogen-bond donors (Lipinski definition) is 0. The Morgan fingerprint density at radius 3 is 2.38 bits per heavy atom. The van der Waals surface area contributed by atoms with Gasteiger partial charge in [-0.1, -0.05) is 55.5 Å². The monoisotopic (exact) mass is 515 g/mol. The van der Waals surface area contributed by atoms with Crippen molar-refractivity contribution in [2.75, 3.05) is 44.4 Å². The van der Waals surface area contributed by atoms with Gasteiger partial charge in [-0.15, -0.1) is 24.2 Å². The number of para-hydroxylation sites is 1. The second-order valence-electron chi connectivity index (χ2n) is 7.69. The van der Waals surface area contributed by atoms with Crippen LogP contribution in [0.4, 0.5) is 5.13 Å². The third kappa shape index (κ3) is 5.33. The van der Waals surface area contributed by atoms with E-state index >= 15 is 0 Å². The first-order chi connectivity index (χ1) is 16.1. The highest BCUT2D eigenvalue weighted by atomic mass is 35.5. The zero-order valence-corrected chi connectivity index (χ0v) is 22.4. The highest BCUT2D eigenvalue weighted by Gasteiger charge is 2.25. The van der Waals surface area contributed by atoms with Crippen LogP contribution in [-0.2, 0) is 0 Å². The van der Waals surface area contributed by atoms with Gasteiger partial charge in [0.25, 0.3) is 5.91 Å². The van der Waals surface area contributed by atoms with E-state index in [-0.39, 0.29) is 18.3 Å². The lowest BCUT2D eigenvalue weighted by molar-refractivity contribution is 0.0981. The fourth-order valence-corrected chi connectivity index (χ4v) is 5.60. The number of fused-ring (bicyclic) bond motifs is 2. The van der Waals surface area contributed by atoms with E-state index in [0.717, 1.165) is 50.7 Å². The number of ether oxygens (including phenoxy) is 1. The third-order valence-electron chi connectivity index (χ3n) is 5.90. The molecule has 0 unspecified atom stereocenters. The number of hydrogen-bond acceptors (Lipinski definition) is 6. The molecule has 0 aliphatic rings. The van der Waals surface area contributed by atoms with Crippen LogP contribution < -0.4 is 9.64 Å². The minimum Gasteiger partial charge on any atom is -0.496 e. The molecule has 1 heterocycles. The lowest BCUT2D eigenvalue weighted by Crippen LogP contribution is -2.39. The number of carbonyl (C=O) groups excluding carboxylic acids is 1. The van der Waals surface area contributed by atoms with Gasteiger partial charge in [-0.25, -0.2) is 4.98 Å². The number of anilines is 1. The molecule has 0 aliphatic carbocycles. The first-order valence-electron chi connectivity index (χ1n) is 11.1. The van der Waals surface area contributed by atoms with E-state index < -0.39 is 0 Å². The van der Waals surface area contributed by atoms with Gasteiger partial charge in [0.2, 0.25) is 0 Å². The van der Waals surface area contributed by atoms with Crippen molar-refractivity contribution in [3.8, 4) is 5.75 Å². The van der Waals surface area contributed by atoms with Crippen LogP contribution in [0, 0.1) is 0 Å². The number of amides is 1. The number of carbonyl (C=O) groups is 1. The zero-order chi connectivity index (χ0) is 23.4. The van der Waals surface area contributed by atoms with Gasteiger partial charge in [0, 0.05) is 18.0 Å². The molecule has 5 nitrogen and oxygen atoms in total. The van der Waals surface area contributed by atoms with Gasteiger partial charge in [0.1, 0.15) is 5.75 Å². The number of thiazole rings is 1. The number of halogens is 1. The molecule has 34 heavy (non-hydrogen) atoms. The van der Waals surface area contributed by atoms with Crippen LogP contribution in [0.3, 0.4) is 0 Å². The Bertz CT molecular complexity index is 1270. The van der Waals surface area contributed by atoms with Crippen molar-refractivity contribution in [1.29, 1.82) is 0 Å². The summed E-state index contributed by atoms with van der Waals surface area (Å²) in [5.41, 5.74) is 1.51.